The number of nitrogens with zero attached hydrogens (tertiary/aromatic N) is 3. The zero-order valence-corrected chi connectivity index (χ0v) is 10.3. The van der Waals surface area contributed by atoms with Crippen molar-refractivity contribution in [2.75, 3.05) is 24.3 Å². The SMILES string of the molecule is CN(C)c1ncccc1C(=O)Nc1cccnc1. The lowest BCUT2D eigenvalue weighted by Gasteiger charge is -2.15. The van der Waals surface area contributed by atoms with E-state index in [9.17, 15) is 4.79 Å². The first-order valence-corrected chi connectivity index (χ1v) is 5.52. The van der Waals surface area contributed by atoms with E-state index in [4.69, 9.17) is 0 Å². The van der Waals surface area contributed by atoms with Crippen molar-refractivity contribution in [3.8, 4) is 0 Å². The normalized spacial score (nSPS) is 9.89. The maximum atomic E-state index is 12.1. The van der Waals surface area contributed by atoms with Crippen LogP contribution in [0.2, 0.25) is 0 Å². The Morgan fingerprint density at radius 2 is 2.00 bits per heavy atom. The van der Waals surface area contributed by atoms with Crippen LogP contribution in [0, 0.1) is 0 Å². The topological polar surface area (TPSA) is 58.1 Å². The summed E-state index contributed by atoms with van der Waals surface area (Å²) in [6, 6.07) is 7.04. The highest BCUT2D eigenvalue weighted by atomic mass is 16.1. The molecule has 2 aromatic rings. The van der Waals surface area contributed by atoms with Gasteiger partial charge in [0.2, 0.25) is 0 Å². The summed E-state index contributed by atoms with van der Waals surface area (Å²) >= 11 is 0. The van der Waals surface area contributed by atoms with Crippen molar-refractivity contribution in [1.82, 2.24) is 9.97 Å². The highest BCUT2D eigenvalue weighted by Crippen LogP contribution is 2.16. The van der Waals surface area contributed by atoms with Crippen molar-refractivity contribution in [3.63, 3.8) is 0 Å². The van der Waals surface area contributed by atoms with E-state index in [0.29, 0.717) is 17.1 Å². The van der Waals surface area contributed by atoms with Crippen LogP contribution in [-0.4, -0.2) is 30.0 Å². The molecule has 0 aliphatic heterocycles. The quantitative estimate of drug-likeness (QED) is 0.891. The van der Waals surface area contributed by atoms with Gasteiger partial charge in [-0.25, -0.2) is 4.98 Å². The lowest BCUT2D eigenvalue weighted by molar-refractivity contribution is 0.102. The monoisotopic (exact) mass is 242 g/mol. The van der Waals surface area contributed by atoms with Crippen LogP contribution >= 0.6 is 0 Å². The van der Waals surface area contributed by atoms with Crippen LogP contribution in [0.1, 0.15) is 10.4 Å². The standard InChI is InChI=1S/C13H14N4O/c1-17(2)12-11(6-4-8-15-12)13(18)16-10-5-3-7-14-9-10/h3-9H,1-2H3,(H,16,18). The third-order valence-electron chi connectivity index (χ3n) is 2.37. The van der Waals surface area contributed by atoms with E-state index in [1.165, 1.54) is 0 Å². The Morgan fingerprint density at radius 1 is 1.22 bits per heavy atom. The minimum Gasteiger partial charge on any atom is -0.362 e. The van der Waals surface area contributed by atoms with E-state index in [1.54, 1.807) is 47.8 Å². The number of carbonyl (C=O) groups excluding carboxylic acids is 1. The van der Waals surface area contributed by atoms with E-state index in [2.05, 4.69) is 15.3 Å². The van der Waals surface area contributed by atoms with Gasteiger partial charge in [0, 0.05) is 26.5 Å². The maximum absolute atomic E-state index is 12.1. The summed E-state index contributed by atoms with van der Waals surface area (Å²) in [4.78, 5) is 22.1. The van der Waals surface area contributed by atoms with Gasteiger partial charge in [-0.15, -0.1) is 0 Å². The van der Waals surface area contributed by atoms with Crippen LogP contribution in [0.25, 0.3) is 0 Å². The third-order valence-corrected chi connectivity index (χ3v) is 2.37. The second-order valence-electron chi connectivity index (χ2n) is 3.96. The smallest absolute Gasteiger partial charge is 0.259 e. The molecule has 2 heterocycles. The fourth-order valence-corrected chi connectivity index (χ4v) is 1.57. The van der Waals surface area contributed by atoms with E-state index < -0.39 is 0 Å². The van der Waals surface area contributed by atoms with Crippen molar-refractivity contribution >= 4 is 17.4 Å². The molecule has 0 saturated heterocycles. The summed E-state index contributed by atoms with van der Waals surface area (Å²) in [5.74, 6) is 0.443. The van der Waals surface area contributed by atoms with Gasteiger partial charge < -0.3 is 10.2 Å². The lowest BCUT2D eigenvalue weighted by atomic mass is 10.2. The van der Waals surface area contributed by atoms with E-state index in [-0.39, 0.29) is 5.91 Å². The van der Waals surface area contributed by atoms with E-state index >= 15 is 0 Å². The molecule has 0 aliphatic rings. The molecule has 92 valence electrons. The van der Waals surface area contributed by atoms with Crippen LogP contribution in [0.5, 0.6) is 0 Å². The number of rotatable bonds is 3. The molecule has 0 saturated carbocycles. The Hall–Kier alpha value is -2.43. The summed E-state index contributed by atoms with van der Waals surface area (Å²) in [5.41, 5.74) is 1.20. The summed E-state index contributed by atoms with van der Waals surface area (Å²) in [5, 5.41) is 2.79. The van der Waals surface area contributed by atoms with Crippen LogP contribution in [0.15, 0.2) is 42.9 Å². The van der Waals surface area contributed by atoms with Crippen LogP contribution in [0.4, 0.5) is 11.5 Å². The molecule has 0 aromatic carbocycles. The summed E-state index contributed by atoms with van der Waals surface area (Å²) in [6.45, 7) is 0. The fourth-order valence-electron chi connectivity index (χ4n) is 1.57. The Balaban J connectivity index is 2.24. The van der Waals surface area contributed by atoms with Gasteiger partial charge >= 0.3 is 0 Å². The predicted molar refractivity (Wildman–Crippen MR) is 70.8 cm³/mol. The van der Waals surface area contributed by atoms with E-state index in [0.717, 1.165) is 0 Å². The first kappa shape index (κ1) is 12.0. The molecule has 0 atom stereocenters. The van der Waals surface area contributed by atoms with E-state index in [1.807, 2.05) is 14.1 Å². The molecular weight excluding hydrogens is 228 g/mol. The first-order valence-electron chi connectivity index (χ1n) is 5.52. The molecule has 0 spiro atoms. The Kier molecular flexibility index (Phi) is 3.52. The molecule has 1 N–H and O–H groups in total. The second kappa shape index (κ2) is 5.27. The van der Waals surface area contributed by atoms with Gasteiger partial charge in [0.15, 0.2) is 0 Å². The van der Waals surface area contributed by atoms with Crippen LogP contribution in [-0.2, 0) is 0 Å². The molecule has 0 aliphatic carbocycles. The number of nitrogens with one attached hydrogen (secondary N) is 1. The highest BCUT2D eigenvalue weighted by Gasteiger charge is 2.13. The minimum absolute atomic E-state index is 0.195. The van der Waals surface area contributed by atoms with Gasteiger partial charge in [-0.1, -0.05) is 0 Å². The molecular formula is C13H14N4O. The molecule has 0 bridgehead atoms. The van der Waals surface area contributed by atoms with Gasteiger partial charge in [0.25, 0.3) is 5.91 Å². The van der Waals surface area contributed by atoms with Crippen LogP contribution in [0.3, 0.4) is 0 Å². The Morgan fingerprint density at radius 3 is 2.67 bits per heavy atom. The number of hydrogen-bond acceptors (Lipinski definition) is 4. The zero-order valence-electron chi connectivity index (χ0n) is 10.3. The van der Waals surface area contributed by atoms with Crippen molar-refractivity contribution in [1.29, 1.82) is 0 Å². The van der Waals surface area contributed by atoms with Gasteiger partial charge in [-0.05, 0) is 24.3 Å². The average Bonchev–Trinajstić information content (AvgIpc) is 2.40. The first-order chi connectivity index (χ1) is 8.68. The number of anilines is 2. The molecule has 2 rings (SSSR count). The molecule has 5 nitrogen and oxygen atoms in total. The molecule has 0 radical (unpaired) electrons. The molecule has 18 heavy (non-hydrogen) atoms. The zero-order chi connectivity index (χ0) is 13.0. The largest absolute Gasteiger partial charge is 0.362 e. The summed E-state index contributed by atoms with van der Waals surface area (Å²) < 4.78 is 0. The van der Waals surface area contributed by atoms with Crippen molar-refractivity contribution in [2.24, 2.45) is 0 Å². The van der Waals surface area contributed by atoms with Gasteiger partial charge in [-0.2, -0.15) is 0 Å². The molecule has 5 heteroatoms. The molecule has 0 unspecified atom stereocenters. The van der Waals surface area contributed by atoms with Gasteiger partial charge in [0.1, 0.15) is 5.82 Å². The lowest BCUT2D eigenvalue weighted by Crippen LogP contribution is -2.19. The minimum atomic E-state index is -0.195. The molecule has 1 amide bonds. The number of hydrogen-bond donors (Lipinski definition) is 1. The molecule has 2 aromatic heterocycles. The van der Waals surface area contributed by atoms with Crippen molar-refractivity contribution in [3.05, 3.63) is 48.4 Å². The number of pyridine rings is 2. The van der Waals surface area contributed by atoms with Crippen molar-refractivity contribution < 1.29 is 4.79 Å². The fraction of sp³-hybridized carbons (Fsp3) is 0.154. The molecule has 0 fully saturated rings. The number of aromatic nitrogens is 2. The average molecular weight is 242 g/mol. The van der Waals surface area contributed by atoms with Gasteiger partial charge in [-0.3, -0.25) is 9.78 Å². The predicted octanol–water partition coefficient (Wildman–Crippen LogP) is 1.79. The highest BCUT2D eigenvalue weighted by molar-refractivity contribution is 6.07. The number of carbonyl (C=O) groups is 1. The van der Waals surface area contributed by atoms with Crippen LogP contribution < -0.4 is 10.2 Å². The van der Waals surface area contributed by atoms with Crippen molar-refractivity contribution in [2.45, 2.75) is 0 Å². The summed E-state index contributed by atoms with van der Waals surface area (Å²) in [7, 11) is 3.70. The second-order valence-corrected chi connectivity index (χ2v) is 3.96. The van der Waals surface area contributed by atoms with Gasteiger partial charge in [0.05, 0.1) is 17.4 Å². The number of amides is 1. The summed E-state index contributed by atoms with van der Waals surface area (Å²) in [6.07, 6.45) is 4.92. The third kappa shape index (κ3) is 2.63. The Labute approximate surface area is 105 Å². The Bertz CT molecular complexity index is 540. The maximum Gasteiger partial charge on any atom is 0.259 e.